The first kappa shape index (κ1) is 20.3. The number of hydrogen-bond donors (Lipinski definition) is 0. The van der Waals surface area contributed by atoms with Gasteiger partial charge in [0.05, 0.1) is 0 Å². The van der Waals surface area contributed by atoms with Gasteiger partial charge < -0.3 is 0 Å². The first-order valence-corrected chi connectivity index (χ1v) is 11.1. The van der Waals surface area contributed by atoms with Crippen LogP contribution in [0.15, 0.2) is 57.1 Å². The lowest BCUT2D eigenvalue weighted by molar-refractivity contribution is 0.690. The largest absolute Gasteiger partial charge is 0.332 e. The SMILES string of the molecule is CCCCc1nc(SCc2cccc3ccccc23)c2c(=O)n(C)c(=O)n(C)c2n1. The predicted octanol–water partition coefficient (Wildman–Crippen LogP) is 3.82. The van der Waals surface area contributed by atoms with E-state index in [1.807, 2.05) is 18.2 Å². The van der Waals surface area contributed by atoms with E-state index in [1.54, 1.807) is 7.05 Å². The zero-order chi connectivity index (χ0) is 21.3. The Labute approximate surface area is 178 Å². The number of fused-ring (bicyclic) bond motifs is 2. The maximum Gasteiger partial charge on any atom is 0.332 e. The number of nitrogens with zero attached hydrogens (tertiary/aromatic N) is 4. The van der Waals surface area contributed by atoms with Crippen LogP contribution < -0.4 is 11.2 Å². The molecule has 2 aromatic heterocycles. The number of aromatic nitrogens is 4. The Balaban J connectivity index is 1.84. The first-order chi connectivity index (χ1) is 14.5. The minimum Gasteiger partial charge on any atom is -0.280 e. The summed E-state index contributed by atoms with van der Waals surface area (Å²) in [6, 6.07) is 14.5. The van der Waals surface area contributed by atoms with Crippen molar-refractivity contribution in [3.63, 3.8) is 0 Å². The van der Waals surface area contributed by atoms with Crippen molar-refractivity contribution in [2.24, 2.45) is 14.1 Å². The smallest absolute Gasteiger partial charge is 0.280 e. The van der Waals surface area contributed by atoms with Gasteiger partial charge in [-0.15, -0.1) is 11.8 Å². The van der Waals surface area contributed by atoms with Crippen molar-refractivity contribution in [1.29, 1.82) is 0 Å². The zero-order valence-electron chi connectivity index (χ0n) is 17.4. The third-order valence-electron chi connectivity index (χ3n) is 5.31. The van der Waals surface area contributed by atoms with Crippen molar-refractivity contribution >= 4 is 33.6 Å². The molecule has 0 fully saturated rings. The van der Waals surface area contributed by atoms with Crippen LogP contribution in [0.4, 0.5) is 0 Å². The third kappa shape index (κ3) is 3.65. The topological polar surface area (TPSA) is 69.8 Å². The van der Waals surface area contributed by atoms with Crippen molar-refractivity contribution < 1.29 is 0 Å². The normalized spacial score (nSPS) is 11.4. The fourth-order valence-electron chi connectivity index (χ4n) is 3.59. The highest BCUT2D eigenvalue weighted by Gasteiger charge is 2.17. The van der Waals surface area contributed by atoms with Crippen LogP contribution >= 0.6 is 11.8 Å². The lowest BCUT2D eigenvalue weighted by Gasteiger charge is -2.12. The van der Waals surface area contributed by atoms with Crippen LogP contribution in [0, 0.1) is 0 Å². The highest BCUT2D eigenvalue weighted by molar-refractivity contribution is 7.98. The predicted molar refractivity (Wildman–Crippen MR) is 122 cm³/mol. The summed E-state index contributed by atoms with van der Waals surface area (Å²) in [6.45, 7) is 2.11. The maximum atomic E-state index is 12.9. The summed E-state index contributed by atoms with van der Waals surface area (Å²) in [6.07, 6.45) is 2.70. The zero-order valence-corrected chi connectivity index (χ0v) is 18.2. The average molecular weight is 421 g/mol. The van der Waals surface area contributed by atoms with Crippen LogP contribution in [0.1, 0.15) is 31.2 Å². The molecule has 0 atom stereocenters. The number of aryl methyl sites for hydroxylation is 2. The average Bonchev–Trinajstić information content (AvgIpc) is 2.78. The molecule has 0 saturated carbocycles. The molecule has 0 bridgehead atoms. The van der Waals surface area contributed by atoms with Gasteiger partial charge in [0.15, 0.2) is 5.65 Å². The van der Waals surface area contributed by atoms with E-state index in [4.69, 9.17) is 4.98 Å². The summed E-state index contributed by atoms with van der Waals surface area (Å²) in [5.74, 6) is 1.35. The van der Waals surface area contributed by atoms with Gasteiger partial charge in [0.25, 0.3) is 5.56 Å². The van der Waals surface area contributed by atoms with Crippen LogP contribution in [0.5, 0.6) is 0 Å². The van der Waals surface area contributed by atoms with Gasteiger partial charge >= 0.3 is 5.69 Å². The molecular weight excluding hydrogens is 396 g/mol. The van der Waals surface area contributed by atoms with Crippen LogP contribution in [-0.2, 0) is 26.3 Å². The Hall–Kier alpha value is -2.93. The molecule has 0 saturated heterocycles. The molecule has 0 N–H and O–H groups in total. The van der Waals surface area contributed by atoms with E-state index in [9.17, 15) is 9.59 Å². The number of hydrogen-bond acceptors (Lipinski definition) is 5. The van der Waals surface area contributed by atoms with Gasteiger partial charge in [-0.05, 0) is 22.8 Å². The summed E-state index contributed by atoms with van der Waals surface area (Å²) >= 11 is 1.52. The van der Waals surface area contributed by atoms with Gasteiger partial charge in [-0.1, -0.05) is 55.8 Å². The second-order valence-electron chi connectivity index (χ2n) is 7.38. The van der Waals surface area contributed by atoms with Crippen molar-refractivity contribution in [3.05, 3.63) is 74.7 Å². The molecule has 0 spiro atoms. The van der Waals surface area contributed by atoms with Gasteiger partial charge in [-0.2, -0.15) is 0 Å². The van der Waals surface area contributed by atoms with Crippen LogP contribution in [-0.4, -0.2) is 19.1 Å². The molecule has 0 amide bonds. The van der Waals surface area contributed by atoms with E-state index in [2.05, 4.69) is 36.2 Å². The van der Waals surface area contributed by atoms with E-state index >= 15 is 0 Å². The molecule has 4 aromatic rings. The summed E-state index contributed by atoms with van der Waals surface area (Å²) in [7, 11) is 3.15. The molecule has 0 radical (unpaired) electrons. The van der Waals surface area contributed by atoms with Gasteiger partial charge in [0, 0.05) is 26.3 Å². The Kier molecular flexibility index (Phi) is 5.72. The molecule has 0 aliphatic rings. The first-order valence-electron chi connectivity index (χ1n) is 10.1. The minimum absolute atomic E-state index is 0.351. The van der Waals surface area contributed by atoms with E-state index < -0.39 is 0 Å². The van der Waals surface area contributed by atoms with Gasteiger partial charge in [-0.25, -0.2) is 14.8 Å². The molecule has 2 aromatic carbocycles. The Morgan fingerprint density at radius 3 is 2.53 bits per heavy atom. The molecule has 0 unspecified atom stereocenters. The fraction of sp³-hybridized carbons (Fsp3) is 0.304. The lowest BCUT2D eigenvalue weighted by Crippen LogP contribution is -2.37. The maximum absolute atomic E-state index is 12.9. The van der Waals surface area contributed by atoms with Crippen molar-refractivity contribution in [3.8, 4) is 0 Å². The molecule has 30 heavy (non-hydrogen) atoms. The quantitative estimate of drug-likeness (QED) is 0.350. The molecule has 0 aliphatic heterocycles. The van der Waals surface area contributed by atoms with E-state index in [0.29, 0.717) is 27.6 Å². The Bertz CT molecular complexity index is 1350. The molecule has 154 valence electrons. The van der Waals surface area contributed by atoms with Crippen LogP contribution in [0.25, 0.3) is 21.8 Å². The number of thioether (sulfide) groups is 1. The minimum atomic E-state index is -0.377. The molecule has 2 heterocycles. The second kappa shape index (κ2) is 8.44. The monoisotopic (exact) mass is 420 g/mol. The third-order valence-corrected chi connectivity index (χ3v) is 6.34. The molecule has 4 rings (SSSR count). The van der Waals surface area contributed by atoms with E-state index in [0.717, 1.165) is 23.8 Å². The van der Waals surface area contributed by atoms with Crippen molar-refractivity contribution in [2.45, 2.75) is 37.0 Å². The number of rotatable bonds is 6. The Morgan fingerprint density at radius 1 is 0.967 bits per heavy atom. The Morgan fingerprint density at radius 2 is 1.73 bits per heavy atom. The van der Waals surface area contributed by atoms with Crippen molar-refractivity contribution in [1.82, 2.24) is 19.1 Å². The lowest BCUT2D eigenvalue weighted by atomic mass is 10.1. The van der Waals surface area contributed by atoms with Gasteiger partial charge in [0.1, 0.15) is 16.2 Å². The highest BCUT2D eigenvalue weighted by Crippen LogP contribution is 2.29. The van der Waals surface area contributed by atoms with Crippen LogP contribution in [0.2, 0.25) is 0 Å². The summed E-state index contributed by atoms with van der Waals surface area (Å²) < 4.78 is 2.56. The molecule has 0 aliphatic carbocycles. The molecule has 7 heteroatoms. The van der Waals surface area contributed by atoms with Gasteiger partial charge in [-0.3, -0.25) is 13.9 Å². The fourth-order valence-corrected chi connectivity index (χ4v) is 4.62. The molecule has 6 nitrogen and oxygen atoms in total. The number of benzene rings is 2. The van der Waals surface area contributed by atoms with Crippen LogP contribution in [0.3, 0.4) is 0 Å². The second-order valence-corrected chi connectivity index (χ2v) is 8.34. The van der Waals surface area contributed by atoms with Crippen molar-refractivity contribution in [2.75, 3.05) is 0 Å². The molecular formula is C23H24N4O2S. The standard InChI is InChI=1S/C23H24N4O2S/c1-4-5-13-18-24-20-19(22(28)27(3)23(29)26(20)2)21(25-18)30-14-16-11-8-10-15-9-6-7-12-17(15)16/h6-12H,4-5,13-14H2,1-3H3. The van der Waals surface area contributed by atoms with E-state index in [-0.39, 0.29) is 11.2 Å². The van der Waals surface area contributed by atoms with Gasteiger partial charge in [0.2, 0.25) is 0 Å². The highest BCUT2D eigenvalue weighted by atomic mass is 32.2. The van der Waals surface area contributed by atoms with E-state index in [1.165, 1.54) is 39.7 Å². The summed E-state index contributed by atoms with van der Waals surface area (Å²) in [5, 5.41) is 3.42. The number of unbranched alkanes of at least 4 members (excludes halogenated alkanes) is 1. The summed E-state index contributed by atoms with van der Waals surface area (Å²) in [4.78, 5) is 34.6. The summed E-state index contributed by atoms with van der Waals surface area (Å²) in [5.41, 5.74) is 0.861.